The number of carbonyl (C=O) groups is 2. The van der Waals surface area contributed by atoms with Crippen molar-refractivity contribution in [2.75, 3.05) is 49.3 Å². The van der Waals surface area contributed by atoms with Gasteiger partial charge in [0.25, 0.3) is 11.8 Å². The highest BCUT2D eigenvalue weighted by atomic mass is 35.5. The molecule has 10 heteroatoms. The number of H-pyrrole nitrogens is 1. The molecule has 2 atom stereocenters. The van der Waals surface area contributed by atoms with Crippen LogP contribution in [0.3, 0.4) is 0 Å². The quantitative estimate of drug-likeness (QED) is 0.214. The highest BCUT2D eigenvalue weighted by Crippen LogP contribution is 2.38. The van der Waals surface area contributed by atoms with Crippen molar-refractivity contribution in [2.24, 2.45) is 16.9 Å². The molecule has 0 unspecified atom stereocenters. The van der Waals surface area contributed by atoms with E-state index in [1.165, 1.54) is 16.1 Å². The number of ether oxygens (including phenoxy) is 2. The van der Waals surface area contributed by atoms with Crippen LogP contribution in [-0.4, -0.2) is 66.8 Å². The van der Waals surface area contributed by atoms with Gasteiger partial charge < -0.3 is 24.3 Å². The van der Waals surface area contributed by atoms with Crippen molar-refractivity contribution >= 4 is 52.2 Å². The molecule has 1 N–H and O–H groups in total. The van der Waals surface area contributed by atoms with Crippen LogP contribution in [-0.2, 0) is 4.79 Å². The van der Waals surface area contributed by atoms with Gasteiger partial charge in [-0.15, -0.1) is 12.4 Å². The Kier molecular flexibility index (Phi) is 9.54. The molecule has 4 aromatic rings. The zero-order valence-electron chi connectivity index (χ0n) is 26.7. The summed E-state index contributed by atoms with van der Waals surface area (Å²) in [4.78, 5) is 34.8. The maximum absolute atomic E-state index is 13.8. The molecule has 1 fully saturated rings. The molecule has 244 valence electrons. The number of hydrogen-bond donors (Lipinski definition) is 1. The Bertz CT molecular complexity index is 1810. The second-order valence-corrected chi connectivity index (χ2v) is 11.9. The number of fused-ring (bicyclic) bond motifs is 2. The Morgan fingerprint density at radius 2 is 1.60 bits per heavy atom. The maximum atomic E-state index is 13.8. The van der Waals surface area contributed by atoms with Crippen molar-refractivity contribution in [2.45, 2.75) is 26.7 Å². The van der Waals surface area contributed by atoms with Gasteiger partial charge in [0.1, 0.15) is 0 Å². The van der Waals surface area contributed by atoms with E-state index in [1.807, 2.05) is 67.4 Å². The number of hydrazone groups is 1. The van der Waals surface area contributed by atoms with Gasteiger partial charge in [-0.1, -0.05) is 18.2 Å². The number of carbonyl (C=O) groups excluding carboxylic acids is 2. The third-order valence-electron chi connectivity index (χ3n) is 9.19. The SMILES string of the molecule is CCOc1ccc(C2=NN(c3ccc(C(=O)N4CCN(c5cccc6[nH]ccc56)CC4)cc3)C(=O)[C@@H]3CC=CC[C@H]23)cc1OCC.Cl. The van der Waals surface area contributed by atoms with Crippen LogP contribution in [0.5, 0.6) is 11.5 Å². The summed E-state index contributed by atoms with van der Waals surface area (Å²) in [5.74, 6) is 1.09. The van der Waals surface area contributed by atoms with E-state index in [4.69, 9.17) is 14.6 Å². The summed E-state index contributed by atoms with van der Waals surface area (Å²) in [6.07, 6.45) is 7.60. The van der Waals surface area contributed by atoms with Crippen LogP contribution in [0.2, 0.25) is 0 Å². The molecule has 0 radical (unpaired) electrons. The summed E-state index contributed by atoms with van der Waals surface area (Å²) in [6, 6.07) is 21.6. The van der Waals surface area contributed by atoms with Gasteiger partial charge in [0, 0.05) is 66.0 Å². The van der Waals surface area contributed by atoms with Crippen LogP contribution in [0.15, 0.2) is 90.2 Å². The highest BCUT2D eigenvalue weighted by Gasteiger charge is 2.41. The number of aromatic nitrogens is 1. The van der Waals surface area contributed by atoms with Gasteiger partial charge in [-0.05, 0) is 87.4 Å². The van der Waals surface area contributed by atoms with E-state index in [9.17, 15) is 9.59 Å². The third kappa shape index (κ3) is 6.20. The molecule has 3 heterocycles. The van der Waals surface area contributed by atoms with Crippen LogP contribution >= 0.6 is 12.4 Å². The van der Waals surface area contributed by atoms with E-state index in [2.05, 4.69) is 46.3 Å². The number of hydrogen-bond acceptors (Lipinski definition) is 6. The number of amides is 2. The molecule has 0 spiro atoms. The van der Waals surface area contributed by atoms with E-state index in [0.717, 1.165) is 36.3 Å². The minimum absolute atomic E-state index is 0. The fourth-order valence-corrected chi connectivity index (χ4v) is 6.87. The molecule has 0 saturated carbocycles. The lowest BCUT2D eigenvalue weighted by Gasteiger charge is -2.37. The van der Waals surface area contributed by atoms with E-state index in [-0.39, 0.29) is 36.1 Å². The number of rotatable bonds is 8. The molecule has 47 heavy (non-hydrogen) atoms. The predicted octanol–water partition coefficient (Wildman–Crippen LogP) is 6.68. The van der Waals surface area contributed by atoms with Crippen LogP contribution in [0.1, 0.15) is 42.6 Å². The van der Waals surface area contributed by atoms with Gasteiger partial charge in [-0.2, -0.15) is 5.10 Å². The van der Waals surface area contributed by atoms with Gasteiger partial charge in [-0.3, -0.25) is 9.59 Å². The molecule has 1 saturated heterocycles. The van der Waals surface area contributed by atoms with Crippen molar-refractivity contribution in [3.05, 3.63) is 96.2 Å². The monoisotopic (exact) mass is 653 g/mol. The van der Waals surface area contributed by atoms with E-state index >= 15 is 0 Å². The number of nitrogens with zero attached hydrogens (tertiary/aromatic N) is 4. The molecule has 1 aliphatic carbocycles. The zero-order chi connectivity index (χ0) is 31.6. The fraction of sp³-hybridized carbons (Fsp3) is 0.324. The first-order valence-electron chi connectivity index (χ1n) is 16.2. The Morgan fingerprint density at radius 1 is 0.872 bits per heavy atom. The molecular formula is C37H40ClN5O4. The lowest BCUT2D eigenvalue weighted by Crippen LogP contribution is -2.48. The van der Waals surface area contributed by atoms with E-state index < -0.39 is 0 Å². The Hall–Kier alpha value is -4.76. The molecule has 2 amide bonds. The van der Waals surface area contributed by atoms with Gasteiger partial charge in [0.15, 0.2) is 11.5 Å². The minimum Gasteiger partial charge on any atom is -0.490 e. The third-order valence-corrected chi connectivity index (χ3v) is 9.19. The van der Waals surface area contributed by atoms with Crippen molar-refractivity contribution in [3.8, 4) is 11.5 Å². The van der Waals surface area contributed by atoms with Gasteiger partial charge in [0.05, 0.1) is 30.5 Å². The Labute approximate surface area is 281 Å². The molecule has 2 aliphatic heterocycles. The summed E-state index contributed by atoms with van der Waals surface area (Å²) in [5, 5.41) is 7.66. The molecule has 3 aromatic carbocycles. The number of anilines is 2. The number of nitrogens with one attached hydrogen (secondary N) is 1. The van der Waals surface area contributed by atoms with Crippen molar-refractivity contribution < 1.29 is 19.1 Å². The Balaban J connectivity index is 0.00000386. The number of halogens is 1. The van der Waals surface area contributed by atoms with Crippen molar-refractivity contribution in [1.29, 1.82) is 0 Å². The van der Waals surface area contributed by atoms with Crippen LogP contribution in [0.4, 0.5) is 11.4 Å². The predicted molar refractivity (Wildman–Crippen MR) is 188 cm³/mol. The van der Waals surface area contributed by atoms with E-state index in [1.54, 1.807) is 0 Å². The summed E-state index contributed by atoms with van der Waals surface area (Å²) in [6.45, 7) is 7.76. The van der Waals surface area contributed by atoms with Crippen LogP contribution in [0.25, 0.3) is 10.9 Å². The molecule has 1 aromatic heterocycles. The summed E-state index contributed by atoms with van der Waals surface area (Å²) < 4.78 is 11.7. The first kappa shape index (κ1) is 32.2. The summed E-state index contributed by atoms with van der Waals surface area (Å²) in [5.41, 5.74) is 5.32. The average molecular weight is 654 g/mol. The number of allylic oxidation sites excluding steroid dienone is 2. The number of piperazine rings is 1. The summed E-state index contributed by atoms with van der Waals surface area (Å²) in [7, 11) is 0. The first-order valence-corrected chi connectivity index (χ1v) is 16.2. The molecule has 0 bridgehead atoms. The van der Waals surface area contributed by atoms with Crippen LogP contribution < -0.4 is 19.4 Å². The summed E-state index contributed by atoms with van der Waals surface area (Å²) >= 11 is 0. The van der Waals surface area contributed by atoms with Crippen LogP contribution in [0, 0.1) is 11.8 Å². The van der Waals surface area contributed by atoms with Gasteiger partial charge >= 0.3 is 0 Å². The normalized spacial score (nSPS) is 19.2. The largest absolute Gasteiger partial charge is 0.490 e. The first-order chi connectivity index (χ1) is 22.6. The van der Waals surface area contributed by atoms with Gasteiger partial charge in [0.2, 0.25) is 0 Å². The molecule has 3 aliphatic rings. The second kappa shape index (κ2) is 13.9. The molecule has 7 rings (SSSR count). The van der Waals surface area contributed by atoms with E-state index in [0.29, 0.717) is 55.5 Å². The lowest BCUT2D eigenvalue weighted by molar-refractivity contribution is -0.123. The lowest BCUT2D eigenvalue weighted by atomic mass is 9.76. The number of aromatic amines is 1. The van der Waals surface area contributed by atoms with Crippen molar-refractivity contribution in [1.82, 2.24) is 9.88 Å². The second-order valence-electron chi connectivity index (χ2n) is 11.9. The van der Waals surface area contributed by atoms with Crippen molar-refractivity contribution in [3.63, 3.8) is 0 Å². The molecular weight excluding hydrogens is 614 g/mol. The topological polar surface area (TPSA) is 90.5 Å². The zero-order valence-corrected chi connectivity index (χ0v) is 27.5. The average Bonchev–Trinajstić information content (AvgIpc) is 3.59. The Morgan fingerprint density at radius 3 is 2.34 bits per heavy atom. The number of benzene rings is 3. The smallest absolute Gasteiger partial charge is 0.253 e. The van der Waals surface area contributed by atoms with Gasteiger partial charge in [-0.25, -0.2) is 5.01 Å². The standard InChI is InChI=1S/C37H39N5O4.ClH/c1-3-45-33-17-14-26(24-34(33)46-4-2)35-28-8-5-6-9-29(28)37(44)42(39-35)27-15-12-25(13-16-27)36(43)41-22-20-40(21-23-41)32-11-7-10-31-30(32)18-19-38-31;/h5-7,10-19,24,28-29,38H,3-4,8-9,20-23H2,1-2H3;1H/t28-,29+;/m0./s1. The fourth-order valence-electron chi connectivity index (χ4n) is 6.87. The maximum Gasteiger partial charge on any atom is 0.253 e. The highest BCUT2D eigenvalue weighted by molar-refractivity contribution is 6.11. The minimum atomic E-state index is -0.214. The molecule has 9 nitrogen and oxygen atoms in total.